The number of carbonyl (C=O) groups is 1. The summed E-state index contributed by atoms with van der Waals surface area (Å²) in [7, 11) is 0. The summed E-state index contributed by atoms with van der Waals surface area (Å²) in [5.74, 6) is 0.479. The number of hydrogen-bond acceptors (Lipinski definition) is 2. The minimum atomic E-state index is -4.42. The van der Waals surface area contributed by atoms with Crippen LogP contribution < -0.4 is 10.1 Å². The zero-order valence-corrected chi connectivity index (χ0v) is 14.6. The third-order valence-corrected chi connectivity index (χ3v) is 4.43. The molecule has 1 aliphatic rings. The van der Waals surface area contributed by atoms with Gasteiger partial charge in [-0.3, -0.25) is 4.79 Å². The van der Waals surface area contributed by atoms with Gasteiger partial charge in [-0.05, 0) is 31.0 Å². The van der Waals surface area contributed by atoms with Crippen molar-refractivity contribution in [2.75, 3.05) is 6.61 Å². The lowest BCUT2D eigenvalue weighted by Gasteiger charge is -2.28. The molecule has 3 nitrogen and oxygen atoms in total. The van der Waals surface area contributed by atoms with Crippen LogP contribution in [0, 0.1) is 13.8 Å². The Morgan fingerprint density at radius 3 is 2.73 bits per heavy atom. The molecule has 138 valence electrons. The van der Waals surface area contributed by atoms with E-state index in [9.17, 15) is 18.0 Å². The fourth-order valence-electron chi connectivity index (χ4n) is 3.32. The molecule has 1 atom stereocenters. The molecule has 1 amide bonds. The van der Waals surface area contributed by atoms with Gasteiger partial charge in [0.05, 0.1) is 24.6 Å². The van der Waals surface area contributed by atoms with Crippen LogP contribution in [0.3, 0.4) is 0 Å². The number of amides is 1. The van der Waals surface area contributed by atoms with Crippen molar-refractivity contribution in [3.05, 3.63) is 64.2 Å². The molecule has 2 aromatic carbocycles. The zero-order chi connectivity index (χ0) is 18.9. The summed E-state index contributed by atoms with van der Waals surface area (Å²) in [6.45, 7) is 4.42. The van der Waals surface area contributed by atoms with Crippen molar-refractivity contribution in [1.82, 2.24) is 5.32 Å². The number of fused-ring (bicyclic) bond motifs is 1. The van der Waals surface area contributed by atoms with Gasteiger partial charge in [0.25, 0.3) is 0 Å². The van der Waals surface area contributed by atoms with Gasteiger partial charge in [0.1, 0.15) is 5.75 Å². The number of hydrogen-bond donors (Lipinski definition) is 1. The summed E-state index contributed by atoms with van der Waals surface area (Å²) in [5.41, 5.74) is 2.60. The Balaban J connectivity index is 1.74. The van der Waals surface area contributed by atoms with Gasteiger partial charge in [-0.2, -0.15) is 13.2 Å². The van der Waals surface area contributed by atoms with Crippen molar-refractivity contribution < 1.29 is 22.7 Å². The molecule has 0 fully saturated rings. The van der Waals surface area contributed by atoms with Crippen molar-refractivity contribution in [3.63, 3.8) is 0 Å². The van der Waals surface area contributed by atoms with Crippen LogP contribution in [0.2, 0.25) is 0 Å². The summed E-state index contributed by atoms with van der Waals surface area (Å²) < 4.78 is 44.1. The molecule has 0 spiro atoms. The molecule has 1 aliphatic heterocycles. The van der Waals surface area contributed by atoms with Gasteiger partial charge in [-0.1, -0.05) is 35.9 Å². The highest BCUT2D eigenvalue weighted by Gasteiger charge is 2.30. The number of benzene rings is 2. The van der Waals surface area contributed by atoms with Gasteiger partial charge < -0.3 is 10.1 Å². The predicted molar refractivity (Wildman–Crippen MR) is 92.1 cm³/mol. The summed E-state index contributed by atoms with van der Waals surface area (Å²) in [6.07, 6.45) is -3.88. The molecule has 1 heterocycles. The molecule has 0 aromatic heterocycles. The Hall–Kier alpha value is -2.50. The molecule has 0 radical (unpaired) electrons. The first kappa shape index (κ1) is 18.3. The maximum Gasteiger partial charge on any atom is 0.416 e. The van der Waals surface area contributed by atoms with E-state index >= 15 is 0 Å². The second kappa shape index (κ2) is 7.02. The third kappa shape index (κ3) is 4.00. The lowest BCUT2D eigenvalue weighted by molar-refractivity contribution is -0.137. The second-order valence-electron chi connectivity index (χ2n) is 6.63. The lowest BCUT2D eigenvalue weighted by Crippen LogP contribution is -2.33. The van der Waals surface area contributed by atoms with Crippen LogP contribution >= 0.6 is 0 Å². The SMILES string of the molecule is Cc1cc(C)c2c(c1)C(NC(=O)Cc1cccc(C(F)(F)F)c1)CCO2. The van der Waals surface area contributed by atoms with Crippen molar-refractivity contribution in [2.45, 2.75) is 38.9 Å². The van der Waals surface area contributed by atoms with E-state index in [1.54, 1.807) is 0 Å². The van der Waals surface area contributed by atoms with Crippen molar-refractivity contribution in [2.24, 2.45) is 0 Å². The molecule has 0 saturated carbocycles. The third-order valence-electron chi connectivity index (χ3n) is 4.43. The minimum absolute atomic E-state index is 0.0958. The highest BCUT2D eigenvalue weighted by Crippen LogP contribution is 2.36. The average Bonchev–Trinajstić information content (AvgIpc) is 2.55. The van der Waals surface area contributed by atoms with Crippen LogP contribution in [-0.4, -0.2) is 12.5 Å². The molecular weight excluding hydrogens is 343 g/mol. The van der Waals surface area contributed by atoms with Gasteiger partial charge in [0.2, 0.25) is 5.91 Å². The standard InChI is InChI=1S/C20H20F3NO2/c1-12-8-13(2)19-16(9-12)17(6-7-26-19)24-18(25)11-14-4-3-5-15(10-14)20(21,22)23/h3-5,8-10,17H,6-7,11H2,1-2H3,(H,24,25). The van der Waals surface area contributed by atoms with E-state index in [-0.39, 0.29) is 18.4 Å². The lowest BCUT2D eigenvalue weighted by atomic mass is 9.95. The van der Waals surface area contributed by atoms with E-state index in [4.69, 9.17) is 4.74 Å². The Morgan fingerprint density at radius 2 is 2.00 bits per heavy atom. The van der Waals surface area contributed by atoms with Gasteiger partial charge in [0.15, 0.2) is 0 Å². The molecule has 26 heavy (non-hydrogen) atoms. The second-order valence-corrected chi connectivity index (χ2v) is 6.63. The minimum Gasteiger partial charge on any atom is -0.493 e. The Morgan fingerprint density at radius 1 is 1.23 bits per heavy atom. The van der Waals surface area contributed by atoms with E-state index in [0.717, 1.165) is 34.6 Å². The molecule has 0 saturated heterocycles. The van der Waals surface area contributed by atoms with E-state index in [1.165, 1.54) is 12.1 Å². The van der Waals surface area contributed by atoms with Crippen LogP contribution in [-0.2, 0) is 17.4 Å². The van der Waals surface area contributed by atoms with Crippen LogP contribution in [0.4, 0.5) is 13.2 Å². The quantitative estimate of drug-likeness (QED) is 0.872. The van der Waals surface area contributed by atoms with Crippen molar-refractivity contribution >= 4 is 5.91 Å². The molecule has 6 heteroatoms. The summed E-state index contributed by atoms with van der Waals surface area (Å²) >= 11 is 0. The average molecular weight is 363 g/mol. The van der Waals surface area contributed by atoms with Crippen LogP contribution in [0.5, 0.6) is 5.75 Å². The zero-order valence-electron chi connectivity index (χ0n) is 14.6. The number of alkyl halides is 3. The van der Waals surface area contributed by atoms with E-state index in [2.05, 4.69) is 5.32 Å². The highest BCUT2D eigenvalue weighted by molar-refractivity contribution is 5.79. The fourth-order valence-corrected chi connectivity index (χ4v) is 3.32. The molecule has 0 aliphatic carbocycles. The van der Waals surface area contributed by atoms with E-state index in [0.29, 0.717) is 18.6 Å². The number of aryl methyl sites for hydroxylation is 2. The Labute approximate surface area is 150 Å². The Bertz CT molecular complexity index is 830. The summed E-state index contributed by atoms with van der Waals surface area (Å²) in [4.78, 5) is 12.4. The van der Waals surface area contributed by atoms with Gasteiger partial charge in [-0.25, -0.2) is 0 Å². The predicted octanol–water partition coefficient (Wildman–Crippen LogP) is 4.50. The van der Waals surface area contributed by atoms with E-state index < -0.39 is 11.7 Å². The number of ether oxygens (including phenoxy) is 1. The van der Waals surface area contributed by atoms with Crippen molar-refractivity contribution in [3.8, 4) is 5.75 Å². The molecule has 1 N–H and O–H groups in total. The maximum atomic E-state index is 12.8. The van der Waals surface area contributed by atoms with Gasteiger partial charge in [0, 0.05) is 12.0 Å². The first-order valence-corrected chi connectivity index (χ1v) is 8.43. The van der Waals surface area contributed by atoms with Crippen molar-refractivity contribution in [1.29, 1.82) is 0 Å². The first-order chi connectivity index (χ1) is 12.2. The first-order valence-electron chi connectivity index (χ1n) is 8.43. The number of nitrogens with one attached hydrogen (secondary N) is 1. The maximum absolute atomic E-state index is 12.8. The van der Waals surface area contributed by atoms with Crippen LogP contribution in [0.15, 0.2) is 36.4 Å². The van der Waals surface area contributed by atoms with Crippen LogP contribution in [0.1, 0.15) is 40.3 Å². The molecular formula is C20H20F3NO2. The van der Waals surface area contributed by atoms with E-state index in [1.807, 2.05) is 26.0 Å². The number of rotatable bonds is 3. The number of carbonyl (C=O) groups excluding carboxylic acids is 1. The normalized spacial score (nSPS) is 16.6. The summed E-state index contributed by atoms with van der Waals surface area (Å²) in [6, 6.07) is 8.68. The fraction of sp³-hybridized carbons (Fsp3) is 0.350. The molecule has 1 unspecified atom stereocenters. The number of halogens is 3. The van der Waals surface area contributed by atoms with Gasteiger partial charge in [-0.15, -0.1) is 0 Å². The topological polar surface area (TPSA) is 38.3 Å². The van der Waals surface area contributed by atoms with Crippen LogP contribution in [0.25, 0.3) is 0 Å². The molecule has 2 aromatic rings. The monoisotopic (exact) mass is 363 g/mol. The highest BCUT2D eigenvalue weighted by atomic mass is 19.4. The Kier molecular flexibility index (Phi) is 4.94. The summed E-state index contributed by atoms with van der Waals surface area (Å²) in [5, 5.41) is 2.94. The molecule has 3 rings (SSSR count). The van der Waals surface area contributed by atoms with Gasteiger partial charge >= 0.3 is 6.18 Å². The largest absolute Gasteiger partial charge is 0.493 e. The smallest absolute Gasteiger partial charge is 0.416 e. The molecule has 0 bridgehead atoms.